The first-order valence-corrected chi connectivity index (χ1v) is 37.8. The van der Waals surface area contributed by atoms with E-state index in [-0.39, 0.29) is 110 Å². The molecule has 0 spiro atoms. The number of carbonyl (C=O) groups excluding carboxylic acids is 11. The number of nitrogens with zero attached hydrogens (tertiary/aromatic N) is 1. The van der Waals surface area contributed by atoms with Crippen molar-refractivity contribution in [3.05, 3.63) is 18.2 Å². The Kier molecular flexibility index (Phi) is 54.1. The third-order valence-electron chi connectivity index (χ3n) is 17.6. The van der Waals surface area contributed by atoms with Crippen molar-refractivity contribution in [2.45, 2.75) is 266 Å². The summed E-state index contributed by atoms with van der Waals surface area (Å²) in [5.74, 6) is -9.56. The number of imidazole rings is 1. The van der Waals surface area contributed by atoms with Gasteiger partial charge >= 0.3 is 5.97 Å². The number of nitrogens with two attached hydrogens (primary N) is 11. The van der Waals surface area contributed by atoms with E-state index in [2.05, 4.69) is 68.5 Å². The molecule has 0 aliphatic rings. The third kappa shape index (κ3) is 42.4. The van der Waals surface area contributed by atoms with Crippen LogP contribution in [0.5, 0.6) is 0 Å². The topological polar surface area (TPSA) is 672 Å². The van der Waals surface area contributed by atoms with Crippen LogP contribution in [0.1, 0.15) is 198 Å². The molecule has 1 rings (SSSR count). The van der Waals surface area contributed by atoms with Crippen LogP contribution >= 0.6 is 0 Å². The van der Waals surface area contributed by atoms with Crippen molar-refractivity contribution in [2.75, 3.05) is 72.0 Å². The first kappa shape index (κ1) is 95.4. The lowest BCUT2D eigenvalue weighted by atomic mass is 10.0. The van der Waals surface area contributed by atoms with E-state index in [9.17, 15) is 62.6 Å². The number of carboxylic acid groups (broad SMARTS) is 1. The lowest BCUT2D eigenvalue weighted by molar-refractivity contribution is -0.142. The highest BCUT2D eigenvalue weighted by atomic mass is 16.4. The molecule has 0 unspecified atom stereocenters. The van der Waals surface area contributed by atoms with Gasteiger partial charge in [-0.3, -0.25) is 52.7 Å². The predicted molar refractivity (Wildman–Crippen MR) is 399 cm³/mol. The van der Waals surface area contributed by atoms with Gasteiger partial charge in [0.1, 0.15) is 60.4 Å². The fourth-order valence-corrected chi connectivity index (χ4v) is 11.3. The van der Waals surface area contributed by atoms with Gasteiger partial charge in [0, 0.05) is 18.3 Å². The second kappa shape index (κ2) is 59.5. The smallest absolute Gasteiger partial charge is 0.326 e. The van der Waals surface area contributed by atoms with Crippen LogP contribution in [-0.2, 0) is 64.0 Å². The fourth-order valence-electron chi connectivity index (χ4n) is 11.3. The minimum absolute atomic E-state index is 0.0180. The number of hydrogen-bond acceptors (Lipinski definition) is 24. The number of carbonyl (C=O) groups is 12. The van der Waals surface area contributed by atoms with Crippen LogP contribution in [0.25, 0.3) is 0 Å². The number of aromatic nitrogens is 2. The second-order valence-electron chi connectivity index (χ2n) is 26.5. The van der Waals surface area contributed by atoms with Crippen LogP contribution in [-0.4, -0.2) is 224 Å². The van der Waals surface area contributed by atoms with Crippen molar-refractivity contribution in [3.63, 3.8) is 0 Å². The average molecular weight is 1490 g/mol. The standard InChI is InChI=1S/C68H132N24O13/c69-31-11-1-21-46(79)58(94)84-48(23-3-13-33-71)60(96)86-50(25-5-15-35-73)62(98)88-52(27-7-17-37-75)64(100)90-54(29-9-19-39-77)66(102)91-53(28-8-18-38-76)65(101)89-51(26-6-16-36-74)63(99)87-49(24-4-14-34-72)61(97)85-47(22-2-12-32-70)59(95)81-43-57(93)83-56(41-45-42-80-44-82-45)67(103)92-55(68(104)105)30-10-20-40-78/h42,44,46-56H,1-41,43,69-79H2,(H,80,82)(H,81,95)(H,83,93)(H,84,94)(H,85,97)(H,86,96)(H,87,99)(H,88,98)(H,89,101)(H,90,100)(H,91,102)(H,92,103)(H,104,105)/t46-,47-,48-,49-,50-,51-,52-,53-,54-,55-,56-/m0/s1. The summed E-state index contributed by atoms with van der Waals surface area (Å²) in [5.41, 5.74) is 64.6. The Labute approximate surface area is 618 Å². The molecule has 0 fully saturated rings. The quantitative estimate of drug-likeness (QED) is 0.0271. The maximum Gasteiger partial charge on any atom is 0.326 e. The summed E-state index contributed by atoms with van der Waals surface area (Å²) >= 11 is 0. The summed E-state index contributed by atoms with van der Waals surface area (Å²) in [5, 5.41) is 39.6. The summed E-state index contributed by atoms with van der Waals surface area (Å²) in [6.07, 6.45) is 12.3. The lowest BCUT2D eigenvalue weighted by Crippen LogP contribution is -2.60. The summed E-state index contributed by atoms with van der Waals surface area (Å²) in [6.45, 7) is 2.12. The Morgan fingerprint density at radius 1 is 0.305 bits per heavy atom. The molecule has 37 nitrogen and oxygen atoms in total. The third-order valence-corrected chi connectivity index (χ3v) is 17.6. The minimum Gasteiger partial charge on any atom is -0.480 e. The molecule has 0 saturated carbocycles. The number of nitrogens with one attached hydrogen (secondary N) is 12. The highest BCUT2D eigenvalue weighted by molar-refractivity contribution is 5.99. The van der Waals surface area contributed by atoms with Gasteiger partial charge in [-0.25, -0.2) is 9.78 Å². The summed E-state index contributed by atoms with van der Waals surface area (Å²) < 4.78 is 0. The monoisotopic (exact) mass is 1490 g/mol. The van der Waals surface area contributed by atoms with Crippen LogP contribution in [0, 0.1) is 0 Å². The second-order valence-corrected chi connectivity index (χ2v) is 26.5. The van der Waals surface area contributed by atoms with Gasteiger partial charge in [0.25, 0.3) is 0 Å². The van der Waals surface area contributed by atoms with E-state index >= 15 is 0 Å². The van der Waals surface area contributed by atoms with E-state index < -0.39 is 144 Å². The zero-order valence-corrected chi connectivity index (χ0v) is 61.8. The average Bonchev–Trinajstić information content (AvgIpc) is 1.19. The maximum atomic E-state index is 14.7. The Morgan fingerprint density at radius 2 is 0.533 bits per heavy atom. The Morgan fingerprint density at radius 3 is 0.781 bits per heavy atom. The van der Waals surface area contributed by atoms with Gasteiger partial charge in [-0.05, 0) is 252 Å². The zero-order valence-electron chi connectivity index (χ0n) is 61.8. The number of hydrogen-bond donors (Lipinski definition) is 24. The summed E-state index contributed by atoms with van der Waals surface area (Å²) in [4.78, 5) is 175. The van der Waals surface area contributed by atoms with Crippen LogP contribution in [0.2, 0.25) is 0 Å². The van der Waals surface area contributed by atoms with Crippen LogP contribution in [0.15, 0.2) is 12.5 Å². The van der Waals surface area contributed by atoms with Crippen molar-refractivity contribution < 1.29 is 62.6 Å². The summed E-state index contributed by atoms with van der Waals surface area (Å²) in [7, 11) is 0. The highest BCUT2D eigenvalue weighted by Gasteiger charge is 2.36. The van der Waals surface area contributed by atoms with Crippen molar-refractivity contribution in [1.29, 1.82) is 0 Å². The molecule has 11 amide bonds. The molecule has 35 N–H and O–H groups in total. The molecule has 37 heteroatoms. The van der Waals surface area contributed by atoms with Gasteiger partial charge in [0.15, 0.2) is 0 Å². The molecule has 0 aromatic carbocycles. The normalized spacial score (nSPS) is 14.4. The first-order chi connectivity index (χ1) is 50.5. The van der Waals surface area contributed by atoms with E-state index in [1.807, 2.05) is 0 Å². The molecule has 1 aromatic heterocycles. The van der Waals surface area contributed by atoms with Crippen molar-refractivity contribution >= 4 is 70.9 Å². The molecule has 0 aliphatic heterocycles. The van der Waals surface area contributed by atoms with Crippen molar-refractivity contribution in [2.24, 2.45) is 63.1 Å². The molecule has 1 aromatic rings. The van der Waals surface area contributed by atoms with E-state index in [0.717, 1.165) is 0 Å². The first-order valence-electron chi connectivity index (χ1n) is 37.8. The fraction of sp³-hybridized carbons (Fsp3) is 0.779. The molecule has 0 bridgehead atoms. The van der Waals surface area contributed by atoms with Gasteiger partial charge in [-0.2, -0.15) is 0 Å². The number of aliphatic carboxylic acids is 1. The number of rotatable bonds is 65. The molecule has 0 aliphatic carbocycles. The highest BCUT2D eigenvalue weighted by Crippen LogP contribution is 2.14. The Bertz CT molecular complexity index is 2650. The van der Waals surface area contributed by atoms with Gasteiger partial charge in [-0.15, -0.1) is 0 Å². The van der Waals surface area contributed by atoms with E-state index in [1.54, 1.807) is 0 Å². The number of amides is 11. The molecule has 602 valence electrons. The molecule has 11 atom stereocenters. The molecule has 105 heavy (non-hydrogen) atoms. The largest absolute Gasteiger partial charge is 0.480 e. The Balaban J connectivity index is 3.65. The molecule has 0 saturated heterocycles. The van der Waals surface area contributed by atoms with Crippen molar-refractivity contribution in [3.8, 4) is 0 Å². The van der Waals surface area contributed by atoms with Gasteiger partial charge in [-0.1, -0.05) is 6.42 Å². The van der Waals surface area contributed by atoms with Crippen LogP contribution < -0.4 is 122 Å². The van der Waals surface area contributed by atoms with Crippen molar-refractivity contribution in [1.82, 2.24) is 68.5 Å². The van der Waals surface area contributed by atoms with Crippen LogP contribution in [0.3, 0.4) is 0 Å². The molecular weight excluding hydrogens is 1360 g/mol. The number of H-pyrrole nitrogens is 1. The van der Waals surface area contributed by atoms with Crippen LogP contribution in [0.4, 0.5) is 0 Å². The number of carboxylic acids is 1. The maximum absolute atomic E-state index is 14.7. The predicted octanol–water partition coefficient (Wildman–Crippen LogP) is -5.38. The molecule has 1 heterocycles. The number of aromatic amines is 1. The molecule has 0 radical (unpaired) electrons. The van der Waals surface area contributed by atoms with E-state index in [0.29, 0.717) is 160 Å². The van der Waals surface area contributed by atoms with Gasteiger partial charge in [0.2, 0.25) is 65.0 Å². The van der Waals surface area contributed by atoms with Gasteiger partial charge < -0.3 is 132 Å². The lowest BCUT2D eigenvalue weighted by Gasteiger charge is -2.28. The van der Waals surface area contributed by atoms with Gasteiger partial charge in [0.05, 0.1) is 18.9 Å². The summed E-state index contributed by atoms with van der Waals surface area (Å²) in [6, 6.07) is -13.6. The minimum atomic E-state index is -1.33. The molecular formula is C68H132N24O13. The SMILES string of the molecule is NCCCC[C@H](NC(=O)[C@H](Cc1cnc[nH]1)NC(=O)CNC(=O)[C@H](CCCCN)NC(=O)[C@H](CCCCN)NC(=O)[C@H](CCCCN)NC(=O)[C@H](CCCCN)NC(=O)[C@H](CCCCN)NC(=O)[C@H](CCCCN)NC(=O)[C@H](CCCCN)NC(=O)[C@H](CCCCN)NC(=O)[C@@H](N)CCCCN)C(=O)O. The number of unbranched alkanes of at least 4 members (excludes halogenated alkanes) is 10. The Hall–Kier alpha value is -7.59. The zero-order chi connectivity index (χ0) is 78.2. The van der Waals surface area contributed by atoms with E-state index in [4.69, 9.17) is 63.1 Å². The van der Waals surface area contributed by atoms with E-state index in [1.165, 1.54) is 12.5 Å².